The molecule has 1 rings (SSSR count). The van der Waals surface area contributed by atoms with Crippen LogP contribution in [0.1, 0.15) is 26.7 Å². The summed E-state index contributed by atoms with van der Waals surface area (Å²) in [4.78, 5) is 0. The van der Waals surface area contributed by atoms with Gasteiger partial charge >= 0.3 is 0 Å². The van der Waals surface area contributed by atoms with Crippen molar-refractivity contribution in [3.63, 3.8) is 0 Å². The molecule has 106 valence electrons. The van der Waals surface area contributed by atoms with Crippen LogP contribution in [0.5, 0.6) is 5.75 Å². The van der Waals surface area contributed by atoms with Crippen molar-refractivity contribution in [2.75, 3.05) is 6.61 Å². The van der Waals surface area contributed by atoms with Gasteiger partial charge in [-0.25, -0.2) is 4.39 Å². The van der Waals surface area contributed by atoms with Crippen molar-refractivity contribution in [2.45, 2.75) is 26.7 Å². The van der Waals surface area contributed by atoms with E-state index in [9.17, 15) is 4.39 Å². The zero-order chi connectivity index (χ0) is 14.6. The van der Waals surface area contributed by atoms with Gasteiger partial charge < -0.3 is 10.5 Å². The lowest BCUT2D eigenvalue weighted by Crippen LogP contribution is -2.31. The topological polar surface area (TPSA) is 59.1 Å². The number of ether oxygens (including phenoxy) is 1. The summed E-state index contributed by atoms with van der Waals surface area (Å²) in [6, 6.07) is 2.72. The van der Waals surface area contributed by atoms with Gasteiger partial charge in [-0.05, 0) is 34.8 Å². The molecule has 0 saturated heterocycles. The molecule has 6 heteroatoms. The van der Waals surface area contributed by atoms with E-state index in [0.29, 0.717) is 16.8 Å². The number of amidine groups is 1. The molecular formula is C13H17BrClFN2O. The van der Waals surface area contributed by atoms with Crippen LogP contribution < -0.4 is 10.5 Å². The molecule has 0 radical (unpaired) electrons. The minimum atomic E-state index is -0.510. The van der Waals surface area contributed by atoms with Crippen LogP contribution in [-0.4, -0.2) is 12.4 Å². The summed E-state index contributed by atoms with van der Waals surface area (Å²) in [7, 11) is 0. The maximum absolute atomic E-state index is 13.3. The van der Waals surface area contributed by atoms with Crippen LogP contribution in [0.4, 0.5) is 4.39 Å². The molecule has 0 spiro atoms. The number of halogens is 3. The highest BCUT2D eigenvalue weighted by Gasteiger charge is 2.20. The molecule has 0 saturated carbocycles. The first-order valence-electron chi connectivity index (χ1n) is 5.86. The van der Waals surface area contributed by atoms with E-state index in [1.807, 2.05) is 13.8 Å². The molecule has 19 heavy (non-hydrogen) atoms. The number of nitrogens with two attached hydrogens (primary N) is 1. The second-order valence-corrected chi connectivity index (χ2v) is 6.21. The minimum absolute atomic E-state index is 0.0527. The van der Waals surface area contributed by atoms with Crippen LogP contribution in [-0.2, 0) is 0 Å². The molecule has 3 N–H and O–H groups in total. The predicted octanol–water partition coefficient (Wildman–Crippen LogP) is 4.36. The molecule has 1 aromatic rings. The SMILES string of the molecule is CC(C)(CCCOc1cc(F)c(Cl)cc1Br)C(=N)N. The van der Waals surface area contributed by atoms with Crippen molar-refractivity contribution < 1.29 is 9.13 Å². The second kappa shape index (κ2) is 6.57. The highest BCUT2D eigenvalue weighted by Crippen LogP contribution is 2.31. The summed E-state index contributed by atoms with van der Waals surface area (Å²) in [6.07, 6.45) is 1.46. The number of rotatable bonds is 6. The summed E-state index contributed by atoms with van der Waals surface area (Å²) in [5.74, 6) is 0.0673. The van der Waals surface area contributed by atoms with Gasteiger partial charge in [-0.1, -0.05) is 25.4 Å². The Morgan fingerprint density at radius 1 is 1.53 bits per heavy atom. The van der Waals surface area contributed by atoms with Gasteiger partial charge in [-0.2, -0.15) is 0 Å². The van der Waals surface area contributed by atoms with Crippen LogP contribution in [0.25, 0.3) is 0 Å². The van der Waals surface area contributed by atoms with Crippen LogP contribution >= 0.6 is 27.5 Å². The zero-order valence-corrected chi connectivity index (χ0v) is 13.2. The third-order valence-corrected chi connectivity index (χ3v) is 3.82. The molecule has 0 aliphatic heterocycles. The Kier molecular flexibility index (Phi) is 5.62. The normalized spacial score (nSPS) is 11.4. The van der Waals surface area contributed by atoms with Gasteiger partial charge in [0.15, 0.2) is 0 Å². The lowest BCUT2D eigenvalue weighted by Gasteiger charge is -2.22. The fourth-order valence-electron chi connectivity index (χ4n) is 1.45. The zero-order valence-electron chi connectivity index (χ0n) is 10.9. The molecule has 0 bridgehead atoms. The quantitative estimate of drug-likeness (QED) is 0.346. The second-order valence-electron chi connectivity index (χ2n) is 4.95. The summed E-state index contributed by atoms with van der Waals surface area (Å²) in [5, 5.41) is 7.50. The van der Waals surface area contributed by atoms with Gasteiger partial charge in [0.2, 0.25) is 0 Å². The number of nitrogens with one attached hydrogen (secondary N) is 1. The Hall–Kier alpha value is -0.810. The first-order valence-corrected chi connectivity index (χ1v) is 7.03. The molecule has 0 amide bonds. The third kappa shape index (κ3) is 4.66. The average molecular weight is 352 g/mol. The third-order valence-electron chi connectivity index (χ3n) is 2.91. The molecule has 0 heterocycles. The lowest BCUT2D eigenvalue weighted by molar-refractivity contribution is 0.284. The Morgan fingerprint density at radius 3 is 2.74 bits per heavy atom. The molecular weight excluding hydrogens is 335 g/mol. The van der Waals surface area contributed by atoms with E-state index in [1.54, 1.807) is 0 Å². The van der Waals surface area contributed by atoms with Crippen molar-refractivity contribution in [1.29, 1.82) is 5.41 Å². The number of hydrogen-bond acceptors (Lipinski definition) is 2. The summed E-state index contributed by atoms with van der Waals surface area (Å²) in [5.41, 5.74) is 5.15. The molecule has 0 aromatic heterocycles. The van der Waals surface area contributed by atoms with Crippen molar-refractivity contribution in [1.82, 2.24) is 0 Å². The largest absolute Gasteiger partial charge is 0.492 e. The van der Waals surface area contributed by atoms with Gasteiger partial charge in [-0.3, -0.25) is 5.41 Å². The minimum Gasteiger partial charge on any atom is -0.492 e. The summed E-state index contributed by atoms with van der Waals surface area (Å²) >= 11 is 8.91. The highest BCUT2D eigenvalue weighted by molar-refractivity contribution is 9.10. The molecule has 0 unspecified atom stereocenters. The Balaban J connectivity index is 2.51. The Labute approximate surface area is 125 Å². The summed E-state index contributed by atoms with van der Waals surface area (Å²) < 4.78 is 19.4. The fraction of sp³-hybridized carbons (Fsp3) is 0.462. The molecule has 0 aliphatic rings. The Morgan fingerprint density at radius 2 is 2.16 bits per heavy atom. The number of benzene rings is 1. The molecule has 0 atom stereocenters. The average Bonchev–Trinajstić information content (AvgIpc) is 2.30. The standard InChI is InChI=1S/C13H17BrClFN2O/c1-13(2,12(17)18)4-3-5-19-11-7-10(16)9(15)6-8(11)14/h6-7H,3-5H2,1-2H3,(H3,17,18). The smallest absolute Gasteiger partial charge is 0.145 e. The van der Waals surface area contributed by atoms with E-state index in [0.717, 1.165) is 12.8 Å². The van der Waals surface area contributed by atoms with Crippen molar-refractivity contribution >= 4 is 33.4 Å². The molecule has 1 aromatic carbocycles. The molecule has 0 fully saturated rings. The lowest BCUT2D eigenvalue weighted by atomic mass is 9.87. The van der Waals surface area contributed by atoms with Gasteiger partial charge in [-0.15, -0.1) is 0 Å². The van der Waals surface area contributed by atoms with Crippen LogP contribution in [0.2, 0.25) is 5.02 Å². The highest BCUT2D eigenvalue weighted by atomic mass is 79.9. The van der Waals surface area contributed by atoms with Crippen molar-refractivity contribution in [3.8, 4) is 5.75 Å². The summed E-state index contributed by atoms with van der Waals surface area (Å²) in [6.45, 7) is 4.25. The van der Waals surface area contributed by atoms with Gasteiger partial charge in [0.25, 0.3) is 0 Å². The van der Waals surface area contributed by atoms with Gasteiger partial charge in [0.1, 0.15) is 11.6 Å². The first kappa shape index (κ1) is 16.2. The van der Waals surface area contributed by atoms with Crippen LogP contribution in [0.15, 0.2) is 16.6 Å². The Bertz CT molecular complexity index is 480. The van der Waals surface area contributed by atoms with Crippen LogP contribution in [0.3, 0.4) is 0 Å². The van der Waals surface area contributed by atoms with Gasteiger partial charge in [0, 0.05) is 11.5 Å². The van der Waals surface area contributed by atoms with E-state index in [4.69, 9.17) is 27.5 Å². The maximum atomic E-state index is 13.3. The van der Waals surface area contributed by atoms with Gasteiger partial charge in [0.05, 0.1) is 21.9 Å². The van der Waals surface area contributed by atoms with Crippen molar-refractivity contribution in [2.24, 2.45) is 11.1 Å². The predicted molar refractivity (Wildman–Crippen MR) is 79.5 cm³/mol. The maximum Gasteiger partial charge on any atom is 0.145 e. The fourth-order valence-corrected chi connectivity index (χ4v) is 2.20. The number of hydrogen-bond donors (Lipinski definition) is 2. The van der Waals surface area contributed by atoms with E-state index >= 15 is 0 Å². The van der Waals surface area contributed by atoms with Crippen molar-refractivity contribution in [3.05, 3.63) is 27.4 Å². The van der Waals surface area contributed by atoms with E-state index < -0.39 is 5.82 Å². The molecule has 0 aliphatic carbocycles. The molecule has 3 nitrogen and oxygen atoms in total. The van der Waals surface area contributed by atoms with Crippen LogP contribution in [0, 0.1) is 16.6 Å². The monoisotopic (exact) mass is 350 g/mol. The van der Waals surface area contributed by atoms with E-state index in [1.165, 1.54) is 12.1 Å². The van der Waals surface area contributed by atoms with E-state index in [-0.39, 0.29) is 16.3 Å². The first-order chi connectivity index (χ1) is 8.74. The van der Waals surface area contributed by atoms with E-state index in [2.05, 4.69) is 15.9 Å².